The normalized spacial score (nSPS) is 41.5. The highest BCUT2D eigenvalue weighted by Gasteiger charge is 2.68. The fraction of sp³-hybridized carbons (Fsp3) is 0.700. The third-order valence-corrected chi connectivity index (χ3v) is 7.48. The first-order valence-corrected chi connectivity index (χ1v) is 9.15. The van der Waals surface area contributed by atoms with Crippen LogP contribution in [0, 0.1) is 11.3 Å². The Kier molecular flexibility index (Phi) is 2.80. The molecule has 2 aliphatic heterocycles. The standard InChI is InChI=1S/C20H27NO3/c1-19(2)10-12-13-9-11-5-6-14(23-4)16-15(11)20(12,7-8-21(13)3)18(24-16)17(19)22/h5-6,12-13,17-18,22H,7-10H2,1-4H3/t12-,13+,17?,18?,20-/m0/s1. The van der Waals surface area contributed by atoms with Crippen LogP contribution in [0.1, 0.15) is 37.8 Å². The number of likely N-dealkylation sites (N-methyl/N-ethyl adjacent to an activating group) is 1. The lowest BCUT2D eigenvalue weighted by atomic mass is 9.47. The maximum absolute atomic E-state index is 11.2. The predicted molar refractivity (Wildman–Crippen MR) is 91.7 cm³/mol. The summed E-state index contributed by atoms with van der Waals surface area (Å²) in [6, 6.07) is 4.80. The van der Waals surface area contributed by atoms with Gasteiger partial charge in [0.2, 0.25) is 0 Å². The average Bonchev–Trinajstić information content (AvgIpc) is 2.89. The number of hydrogen-bond donors (Lipinski definition) is 1. The van der Waals surface area contributed by atoms with Crippen LogP contribution < -0.4 is 9.47 Å². The fourth-order valence-electron chi connectivity index (χ4n) is 6.25. The second-order valence-electron chi connectivity index (χ2n) is 8.96. The molecule has 4 nitrogen and oxygen atoms in total. The van der Waals surface area contributed by atoms with E-state index in [0.29, 0.717) is 12.0 Å². The molecule has 1 spiro atoms. The van der Waals surface area contributed by atoms with E-state index in [-0.39, 0.29) is 16.9 Å². The lowest BCUT2D eigenvalue weighted by Gasteiger charge is -2.61. The minimum Gasteiger partial charge on any atom is -0.493 e. The molecule has 1 aromatic rings. The molecule has 0 aromatic heterocycles. The molecule has 1 N–H and O–H groups in total. The summed E-state index contributed by atoms with van der Waals surface area (Å²) in [5.74, 6) is 2.27. The Morgan fingerprint density at radius 2 is 2.12 bits per heavy atom. The van der Waals surface area contributed by atoms with Crippen molar-refractivity contribution in [1.82, 2.24) is 4.90 Å². The maximum Gasteiger partial charge on any atom is 0.165 e. The summed E-state index contributed by atoms with van der Waals surface area (Å²) in [6.07, 6.45) is 2.61. The van der Waals surface area contributed by atoms with Gasteiger partial charge in [0.05, 0.1) is 13.2 Å². The zero-order chi connectivity index (χ0) is 16.9. The molecule has 1 aromatic carbocycles. The SMILES string of the molecule is COc1ccc2c3c1OC1C(O)C(C)(C)C[C@H]4[C@@H](C2)N(C)CC[C@]314. The van der Waals surface area contributed by atoms with Crippen LogP contribution >= 0.6 is 0 Å². The summed E-state index contributed by atoms with van der Waals surface area (Å²) >= 11 is 0. The van der Waals surface area contributed by atoms with Gasteiger partial charge in [0.1, 0.15) is 6.10 Å². The molecule has 2 heterocycles. The van der Waals surface area contributed by atoms with Crippen LogP contribution in [-0.4, -0.2) is 49.0 Å². The van der Waals surface area contributed by atoms with Gasteiger partial charge in [-0.15, -0.1) is 0 Å². The third kappa shape index (κ3) is 1.53. The van der Waals surface area contributed by atoms with Crippen molar-refractivity contribution < 1.29 is 14.6 Å². The van der Waals surface area contributed by atoms with Crippen LogP contribution in [-0.2, 0) is 11.8 Å². The van der Waals surface area contributed by atoms with Crippen molar-refractivity contribution in [1.29, 1.82) is 0 Å². The summed E-state index contributed by atoms with van der Waals surface area (Å²) in [5, 5.41) is 11.2. The van der Waals surface area contributed by atoms with Crippen molar-refractivity contribution >= 4 is 0 Å². The van der Waals surface area contributed by atoms with Gasteiger partial charge in [0, 0.05) is 17.0 Å². The topological polar surface area (TPSA) is 41.9 Å². The van der Waals surface area contributed by atoms with Gasteiger partial charge in [-0.1, -0.05) is 19.9 Å². The van der Waals surface area contributed by atoms with Crippen molar-refractivity contribution in [2.24, 2.45) is 11.3 Å². The van der Waals surface area contributed by atoms with E-state index in [0.717, 1.165) is 37.3 Å². The second-order valence-corrected chi connectivity index (χ2v) is 8.96. The molecular formula is C20H27NO3. The molecule has 0 amide bonds. The van der Waals surface area contributed by atoms with Gasteiger partial charge in [-0.05, 0) is 55.8 Å². The highest BCUT2D eigenvalue weighted by atomic mass is 16.5. The molecule has 24 heavy (non-hydrogen) atoms. The third-order valence-electron chi connectivity index (χ3n) is 7.48. The maximum atomic E-state index is 11.2. The van der Waals surface area contributed by atoms with Crippen LogP contribution in [0.5, 0.6) is 11.5 Å². The number of benzene rings is 1. The van der Waals surface area contributed by atoms with Crippen molar-refractivity contribution in [3.8, 4) is 11.5 Å². The number of nitrogens with zero attached hydrogens (tertiary/aromatic N) is 1. The quantitative estimate of drug-likeness (QED) is 0.859. The Morgan fingerprint density at radius 3 is 2.88 bits per heavy atom. The highest BCUT2D eigenvalue weighted by molar-refractivity contribution is 5.61. The van der Waals surface area contributed by atoms with Gasteiger partial charge in [-0.25, -0.2) is 0 Å². The molecule has 5 atom stereocenters. The Balaban J connectivity index is 1.79. The smallest absolute Gasteiger partial charge is 0.165 e. The minimum absolute atomic E-state index is 0.0381. The van der Waals surface area contributed by atoms with Gasteiger partial charge in [0.25, 0.3) is 0 Å². The number of methoxy groups -OCH3 is 1. The lowest BCUT2D eigenvalue weighted by molar-refractivity contribution is -0.153. The monoisotopic (exact) mass is 329 g/mol. The molecule has 4 heteroatoms. The van der Waals surface area contributed by atoms with E-state index in [9.17, 15) is 5.11 Å². The van der Waals surface area contributed by atoms with Gasteiger partial charge < -0.3 is 19.5 Å². The first-order valence-electron chi connectivity index (χ1n) is 9.15. The van der Waals surface area contributed by atoms with Crippen molar-refractivity contribution in [3.05, 3.63) is 23.3 Å². The predicted octanol–water partition coefficient (Wildman–Crippen LogP) is 2.36. The van der Waals surface area contributed by atoms with E-state index in [4.69, 9.17) is 9.47 Å². The number of likely N-dealkylation sites (tertiary alicyclic amines) is 1. The molecule has 1 saturated carbocycles. The van der Waals surface area contributed by atoms with Crippen LogP contribution in [0.25, 0.3) is 0 Å². The Labute approximate surface area is 143 Å². The number of ether oxygens (including phenoxy) is 2. The lowest BCUT2D eigenvalue weighted by Crippen LogP contribution is -2.69. The van der Waals surface area contributed by atoms with E-state index in [1.807, 2.05) is 6.07 Å². The number of rotatable bonds is 1. The van der Waals surface area contributed by atoms with E-state index >= 15 is 0 Å². The van der Waals surface area contributed by atoms with Crippen molar-refractivity contribution in [3.63, 3.8) is 0 Å². The molecular weight excluding hydrogens is 302 g/mol. The molecule has 4 aliphatic rings. The van der Waals surface area contributed by atoms with Crippen LogP contribution in [0.4, 0.5) is 0 Å². The van der Waals surface area contributed by atoms with Gasteiger partial charge in [-0.3, -0.25) is 0 Å². The summed E-state index contributed by atoms with van der Waals surface area (Å²) in [6.45, 7) is 5.46. The molecule has 2 aliphatic carbocycles. The van der Waals surface area contributed by atoms with E-state index in [2.05, 4.69) is 31.9 Å². The Morgan fingerprint density at radius 1 is 1.33 bits per heavy atom. The zero-order valence-corrected chi connectivity index (χ0v) is 15.0. The average molecular weight is 329 g/mol. The summed E-state index contributed by atoms with van der Waals surface area (Å²) in [7, 11) is 3.97. The number of piperidine rings is 1. The molecule has 2 bridgehead atoms. The van der Waals surface area contributed by atoms with Crippen molar-refractivity contribution in [2.75, 3.05) is 20.7 Å². The number of hydrogen-bond acceptors (Lipinski definition) is 4. The summed E-state index contributed by atoms with van der Waals surface area (Å²) in [5.41, 5.74) is 2.59. The first kappa shape index (κ1) is 15.0. The molecule has 5 rings (SSSR count). The van der Waals surface area contributed by atoms with E-state index < -0.39 is 6.10 Å². The molecule has 2 unspecified atom stereocenters. The van der Waals surface area contributed by atoms with Crippen molar-refractivity contribution in [2.45, 2.75) is 56.8 Å². The number of aliphatic hydroxyl groups excluding tert-OH is 1. The Bertz CT molecular complexity index is 715. The fourth-order valence-corrected chi connectivity index (χ4v) is 6.25. The summed E-state index contributed by atoms with van der Waals surface area (Å²) in [4.78, 5) is 2.53. The second kappa shape index (κ2) is 4.47. The number of aliphatic hydroxyl groups is 1. The molecule has 2 fully saturated rings. The van der Waals surface area contributed by atoms with Gasteiger partial charge in [0.15, 0.2) is 11.5 Å². The Hall–Kier alpha value is -1.26. The van der Waals surface area contributed by atoms with Gasteiger partial charge in [-0.2, -0.15) is 0 Å². The van der Waals surface area contributed by atoms with Gasteiger partial charge >= 0.3 is 0 Å². The van der Waals surface area contributed by atoms with E-state index in [1.54, 1.807) is 7.11 Å². The molecule has 1 saturated heterocycles. The summed E-state index contributed by atoms with van der Waals surface area (Å²) < 4.78 is 12.1. The zero-order valence-electron chi connectivity index (χ0n) is 15.0. The molecule has 0 radical (unpaired) electrons. The van der Waals surface area contributed by atoms with Crippen LogP contribution in [0.2, 0.25) is 0 Å². The van der Waals surface area contributed by atoms with E-state index in [1.165, 1.54) is 11.1 Å². The van der Waals surface area contributed by atoms with Crippen LogP contribution in [0.15, 0.2) is 12.1 Å². The largest absolute Gasteiger partial charge is 0.493 e. The van der Waals surface area contributed by atoms with Crippen LogP contribution in [0.3, 0.4) is 0 Å². The minimum atomic E-state index is -0.444. The highest BCUT2D eigenvalue weighted by Crippen LogP contribution is 2.66. The molecule has 130 valence electrons. The first-order chi connectivity index (χ1) is 11.4.